The van der Waals surface area contributed by atoms with Gasteiger partial charge in [-0.25, -0.2) is 0 Å². The van der Waals surface area contributed by atoms with Crippen molar-refractivity contribution in [2.24, 2.45) is 4.99 Å². The molecule has 0 radical (unpaired) electrons. The fraction of sp³-hybridized carbons (Fsp3) is 0.933. The summed E-state index contributed by atoms with van der Waals surface area (Å²) in [6, 6.07) is 0. The first-order chi connectivity index (χ1) is 10.3. The summed E-state index contributed by atoms with van der Waals surface area (Å²) in [6.45, 7) is 7.29. The van der Waals surface area contributed by atoms with Crippen LogP contribution in [0.25, 0.3) is 0 Å². The van der Waals surface area contributed by atoms with Gasteiger partial charge in [0.1, 0.15) is 0 Å². The summed E-state index contributed by atoms with van der Waals surface area (Å²) in [6.07, 6.45) is 6.59. The van der Waals surface area contributed by atoms with Gasteiger partial charge < -0.3 is 20.1 Å². The molecular formula is C15H32IN3O2S. The average Bonchev–Trinajstić information content (AvgIpc) is 2.54. The molecule has 5 nitrogen and oxygen atoms in total. The molecule has 0 bridgehead atoms. The number of rotatable bonds is 9. The van der Waals surface area contributed by atoms with Crippen LogP contribution < -0.4 is 10.6 Å². The molecule has 0 aromatic carbocycles. The molecule has 1 rings (SSSR count). The van der Waals surface area contributed by atoms with Crippen LogP contribution in [0.3, 0.4) is 0 Å². The highest BCUT2D eigenvalue weighted by Gasteiger charge is 2.31. The second-order valence-electron chi connectivity index (χ2n) is 5.26. The number of thioether (sulfide) groups is 1. The van der Waals surface area contributed by atoms with Crippen molar-refractivity contribution in [3.63, 3.8) is 0 Å². The minimum atomic E-state index is 0. The van der Waals surface area contributed by atoms with Crippen molar-refractivity contribution in [1.82, 2.24) is 10.6 Å². The van der Waals surface area contributed by atoms with Crippen molar-refractivity contribution in [3.05, 3.63) is 0 Å². The monoisotopic (exact) mass is 445 g/mol. The summed E-state index contributed by atoms with van der Waals surface area (Å²) in [5, 5.41) is 6.83. The Bertz CT molecular complexity index is 301. The average molecular weight is 445 g/mol. The van der Waals surface area contributed by atoms with E-state index in [2.05, 4.69) is 21.9 Å². The lowest BCUT2D eigenvalue weighted by molar-refractivity contribution is 0.0783. The molecule has 0 unspecified atom stereocenters. The van der Waals surface area contributed by atoms with Crippen molar-refractivity contribution >= 4 is 41.7 Å². The van der Waals surface area contributed by atoms with E-state index >= 15 is 0 Å². The summed E-state index contributed by atoms with van der Waals surface area (Å²) in [4.78, 5) is 4.29. The zero-order valence-electron chi connectivity index (χ0n) is 14.2. The second kappa shape index (κ2) is 13.7. The third-order valence-electron chi connectivity index (χ3n) is 3.85. The minimum absolute atomic E-state index is 0. The molecule has 0 aromatic rings. The number of ether oxygens (including phenoxy) is 2. The van der Waals surface area contributed by atoms with E-state index in [0.717, 1.165) is 71.2 Å². The second-order valence-corrected chi connectivity index (χ2v) is 6.53. The van der Waals surface area contributed by atoms with Gasteiger partial charge in [0.05, 0.1) is 0 Å². The fourth-order valence-corrected chi connectivity index (χ4v) is 3.13. The van der Waals surface area contributed by atoms with Crippen LogP contribution in [0.4, 0.5) is 0 Å². The molecule has 0 spiro atoms. The van der Waals surface area contributed by atoms with Gasteiger partial charge in [-0.1, -0.05) is 0 Å². The normalized spacial score (nSPS) is 17.7. The Morgan fingerprint density at radius 2 is 2.00 bits per heavy atom. The van der Waals surface area contributed by atoms with Crippen LogP contribution >= 0.6 is 35.7 Å². The molecule has 1 aliphatic rings. The maximum atomic E-state index is 5.47. The van der Waals surface area contributed by atoms with Gasteiger partial charge in [0, 0.05) is 51.3 Å². The zero-order chi connectivity index (χ0) is 15.4. The zero-order valence-corrected chi connectivity index (χ0v) is 17.3. The summed E-state index contributed by atoms with van der Waals surface area (Å²) in [5.74, 6) is 0.895. The van der Waals surface area contributed by atoms with E-state index in [0.29, 0.717) is 0 Å². The van der Waals surface area contributed by atoms with E-state index in [1.807, 2.05) is 25.7 Å². The van der Waals surface area contributed by atoms with Crippen molar-refractivity contribution in [2.75, 3.05) is 52.8 Å². The third-order valence-corrected chi connectivity index (χ3v) is 5.27. The highest BCUT2D eigenvalue weighted by Crippen LogP contribution is 2.32. The van der Waals surface area contributed by atoms with Crippen LogP contribution in [0.2, 0.25) is 0 Å². The number of hydrogen-bond acceptors (Lipinski definition) is 4. The Morgan fingerprint density at radius 1 is 1.27 bits per heavy atom. The van der Waals surface area contributed by atoms with Gasteiger partial charge in [0.15, 0.2) is 5.96 Å². The number of nitrogens with zero attached hydrogens (tertiary/aromatic N) is 1. The molecule has 1 saturated heterocycles. The van der Waals surface area contributed by atoms with Crippen LogP contribution in [0, 0.1) is 0 Å². The largest absolute Gasteiger partial charge is 0.382 e. The minimum Gasteiger partial charge on any atom is -0.382 e. The molecule has 1 aliphatic heterocycles. The number of halogens is 1. The van der Waals surface area contributed by atoms with Gasteiger partial charge in [0.2, 0.25) is 0 Å². The highest BCUT2D eigenvalue weighted by atomic mass is 127. The van der Waals surface area contributed by atoms with Crippen molar-refractivity contribution in [2.45, 2.75) is 37.4 Å². The molecule has 7 heteroatoms. The van der Waals surface area contributed by atoms with E-state index in [4.69, 9.17) is 9.47 Å². The summed E-state index contributed by atoms with van der Waals surface area (Å²) in [7, 11) is 1.82. The molecule has 0 atom stereocenters. The topological polar surface area (TPSA) is 54.9 Å². The molecule has 1 fully saturated rings. The lowest BCUT2D eigenvalue weighted by Gasteiger charge is -2.36. The lowest BCUT2D eigenvalue weighted by atomic mass is 9.99. The molecule has 2 N–H and O–H groups in total. The van der Waals surface area contributed by atoms with Crippen LogP contribution in [0.1, 0.15) is 32.6 Å². The Morgan fingerprint density at radius 3 is 2.59 bits per heavy atom. The van der Waals surface area contributed by atoms with Gasteiger partial charge in [0.25, 0.3) is 0 Å². The number of guanidine groups is 1. The number of nitrogens with one attached hydrogen (secondary N) is 2. The van der Waals surface area contributed by atoms with E-state index in [1.54, 1.807) is 0 Å². The SMILES string of the molecule is CCOCCCCNC(=NC)NCC1(SC)CCOCC1.I. The molecule has 0 saturated carbocycles. The summed E-state index contributed by atoms with van der Waals surface area (Å²) < 4.78 is 11.1. The number of aliphatic imine (C=N–C) groups is 1. The molecular weight excluding hydrogens is 413 g/mol. The molecule has 0 aliphatic carbocycles. The third kappa shape index (κ3) is 8.79. The molecule has 22 heavy (non-hydrogen) atoms. The first-order valence-corrected chi connectivity index (χ1v) is 9.14. The van der Waals surface area contributed by atoms with Crippen LogP contribution in [-0.4, -0.2) is 63.5 Å². The highest BCUT2D eigenvalue weighted by molar-refractivity contribution is 14.0. The number of unbranched alkanes of at least 4 members (excludes halogenated alkanes) is 1. The molecule has 0 aromatic heterocycles. The van der Waals surface area contributed by atoms with E-state index in [-0.39, 0.29) is 28.7 Å². The molecule has 1 heterocycles. The first-order valence-electron chi connectivity index (χ1n) is 7.91. The Kier molecular flexibility index (Phi) is 13.9. The van der Waals surface area contributed by atoms with Crippen molar-refractivity contribution in [3.8, 4) is 0 Å². The van der Waals surface area contributed by atoms with Crippen LogP contribution in [-0.2, 0) is 9.47 Å². The summed E-state index contributed by atoms with van der Waals surface area (Å²) >= 11 is 1.94. The lowest BCUT2D eigenvalue weighted by Crippen LogP contribution is -2.48. The predicted molar refractivity (Wildman–Crippen MR) is 107 cm³/mol. The molecule has 132 valence electrons. The smallest absolute Gasteiger partial charge is 0.191 e. The van der Waals surface area contributed by atoms with Crippen molar-refractivity contribution in [1.29, 1.82) is 0 Å². The number of hydrogen-bond donors (Lipinski definition) is 2. The summed E-state index contributed by atoms with van der Waals surface area (Å²) in [5.41, 5.74) is 0. The maximum Gasteiger partial charge on any atom is 0.191 e. The standard InChI is InChI=1S/C15H31N3O2S.HI/c1-4-19-10-6-5-9-17-14(16-2)18-13-15(21-3)7-11-20-12-8-15;/h4-13H2,1-3H3,(H2,16,17,18);1H. The maximum absolute atomic E-state index is 5.47. The van der Waals surface area contributed by atoms with Gasteiger partial charge in [-0.05, 0) is 38.9 Å². The van der Waals surface area contributed by atoms with Gasteiger partial charge in [-0.2, -0.15) is 11.8 Å². The van der Waals surface area contributed by atoms with Crippen molar-refractivity contribution < 1.29 is 9.47 Å². The van der Waals surface area contributed by atoms with Gasteiger partial charge in [-0.15, -0.1) is 24.0 Å². The van der Waals surface area contributed by atoms with E-state index in [9.17, 15) is 0 Å². The Balaban J connectivity index is 0.00000441. The predicted octanol–water partition coefficient (Wildman–Crippen LogP) is 2.50. The van der Waals surface area contributed by atoms with Gasteiger partial charge >= 0.3 is 0 Å². The fourth-order valence-electron chi connectivity index (χ4n) is 2.34. The Hall–Kier alpha value is 0.270. The Labute approximate surface area is 156 Å². The van der Waals surface area contributed by atoms with E-state index < -0.39 is 0 Å². The van der Waals surface area contributed by atoms with Crippen LogP contribution in [0.5, 0.6) is 0 Å². The van der Waals surface area contributed by atoms with E-state index in [1.165, 1.54) is 0 Å². The van der Waals surface area contributed by atoms with Crippen LogP contribution in [0.15, 0.2) is 4.99 Å². The molecule has 0 amide bonds. The quantitative estimate of drug-likeness (QED) is 0.247. The first kappa shape index (κ1) is 22.3. The van der Waals surface area contributed by atoms with Gasteiger partial charge in [-0.3, -0.25) is 4.99 Å².